The van der Waals surface area contributed by atoms with Gasteiger partial charge in [-0.2, -0.15) is 5.10 Å². The topological polar surface area (TPSA) is 75.4 Å². The molecule has 0 aliphatic rings. The molecule has 0 fully saturated rings. The van der Waals surface area contributed by atoms with E-state index in [2.05, 4.69) is 12.0 Å². The van der Waals surface area contributed by atoms with E-state index in [1.807, 2.05) is 24.3 Å². The quantitative estimate of drug-likeness (QED) is 0.845. The average molecular weight is 274 g/mol. The van der Waals surface area contributed by atoms with E-state index in [-0.39, 0.29) is 12.3 Å². The molecule has 0 radical (unpaired) electrons. The fraction of sp³-hybridized carbons (Fsp3) is 0.333. The number of carbonyl (C=O) groups is 1. The molecule has 0 bridgehead atoms. The third kappa shape index (κ3) is 3.05. The highest BCUT2D eigenvalue weighted by atomic mass is 16.4. The highest BCUT2D eigenvalue weighted by molar-refractivity contribution is 5.87. The van der Waals surface area contributed by atoms with Crippen molar-refractivity contribution in [3.63, 3.8) is 0 Å². The number of aromatic nitrogens is 2. The van der Waals surface area contributed by atoms with Crippen LogP contribution in [-0.2, 0) is 12.8 Å². The van der Waals surface area contributed by atoms with Crippen LogP contribution in [0.3, 0.4) is 0 Å². The summed E-state index contributed by atoms with van der Waals surface area (Å²) in [5.41, 5.74) is 2.72. The maximum atomic E-state index is 11.2. The lowest BCUT2D eigenvalue weighted by Crippen LogP contribution is -2.03. The molecule has 0 saturated carbocycles. The number of aryl methyl sites for hydroxylation is 2. The standard InChI is InChI=1S/C15H18N2O3/c1-2-11-5-3-7-13(9-11)17-10-12(6-4-8-18)14(16-17)15(19)20/h3,5,7,9-10,18H,2,4,6,8H2,1H3,(H,19,20). The van der Waals surface area contributed by atoms with Gasteiger partial charge in [-0.3, -0.25) is 0 Å². The van der Waals surface area contributed by atoms with E-state index in [1.165, 1.54) is 5.56 Å². The first-order valence-electron chi connectivity index (χ1n) is 6.67. The second-order valence-electron chi connectivity index (χ2n) is 4.60. The summed E-state index contributed by atoms with van der Waals surface area (Å²) in [5, 5.41) is 22.2. The lowest BCUT2D eigenvalue weighted by Gasteiger charge is -2.03. The second kappa shape index (κ2) is 6.34. The van der Waals surface area contributed by atoms with Gasteiger partial charge in [-0.1, -0.05) is 19.1 Å². The SMILES string of the molecule is CCc1cccc(-n2cc(CCCO)c(C(=O)O)n2)c1. The van der Waals surface area contributed by atoms with Gasteiger partial charge in [0.1, 0.15) is 0 Å². The molecule has 0 unspecified atom stereocenters. The summed E-state index contributed by atoms with van der Waals surface area (Å²) in [7, 11) is 0. The number of carboxylic acid groups (broad SMARTS) is 1. The number of carboxylic acids is 1. The van der Waals surface area contributed by atoms with Gasteiger partial charge < -0.3 is 10.2 Å². The molecule has 2 aromatic rings. The van der Waals surface area contributed by atoms with Crippen LogP contribution < -0.4 is 0 Å². The molecule has 2 rings (SSSR count). The fourth-order valence-corrected chi connectivity index (χ4v) is 2.09. The van der Waals surface area contributed by atoms with E-state index in [1.54, 1.807) is 10.9 Å². The van der Waals surface area contributed by atoms with Gasteiger partial charge in [0.2, 0.25) is 0 Å². The lowest BCUT2D eigenvalue weighted by atomic mass is 10.1. The summed E-state index contributed by atoms with van der Waals surface area (Å²) >= 11 is 0. The summed E-state index contributed by atoms with van der Waals surface area (Å²) < 4.78 is 1.59. The molecule has 20 heavy (non-hydrogen) atoms. The molecule has 0 spiro atoms. The Hall–Kier alpha value is -2.14. The normalized spacial score (nSPS) is 10.7. The Morgan fingerprint density at radius 3 is 2.85 bits per heavy atom. The maximum Gasteiger partial charge on any atom is 0.356 e. The molecule has 0 saturated heterocycles. The van der Waals surface area contributed by atoms with Gasteiger partial charge in [-0.15, -0.1) is 0 Å². The minimum Gasteiger partial charge on any atom is -0.476 e. The van der Waals surface area contributed by atoms with Gasteiger partial charge in [0.05, 0.1) is 5.69 Å². The van der Waals surface area contributed by atoms with Crippen LogP contribution in [0.4, 0.5) is 0 Å². The molecule has 0 aliphatic carbocycles. The van der Waals surface area contributed by atoms with Crippen molar-refractivity contribution in [3.05, 3.63) is 47.3 Å². The molecule has 1 aromatic heterocycles. The number of aliphatic hydroxyl groups excluding tert-OH is 1. The zero-order chi connectivity index (χ0) is 14.5. The summed E-state index contributed by atoms with van der Waals surface area (Å²) in [6.07, 6.45) is 3.68. The summed E-state index contributed by atoms with van der Waals surface area (Å²) in [4.78, 5) is 11.2. The van der Waals surface area contributed by atoms with Gasteiger partial charge >= 0.3 is 5.97 Å². The van der Waals surface area contributed by atoms with Gasteiger partial charge in [0, 0.05) is 18.4 Å². The maximum absolute atomic E-state index is 11.2. The molecule has 106 valence electrons. The molecule has 5 nitrogen and oxygen atoms in total. The zero-order valence-corrected chi connectivity index (χ0v) is 11.4. The van der Waals surface area contributed by atoms with Crippen LogP contribution in [0.15, 0.2) is 30.5 Å². The van der Waals surface area contributed by atoms with Crippen molar-refractivity contribution in [1.82, 2.24) is 9.78 Å². The number of hydrogen-bond donors (Lipinski definition) is 2. The van der Waals surface area contributed by atoms with Crippen molar-refractivity contribution in [1.29, 1.82) is 0 Å². The Balaban J connectivity index is 2.38. The third-order valence-corrected chi connectivity index (χ3v) is 3.18. The van der Waals surface area contributed by atoms with Gasteiger partial charge in [-0.05, 0) is 37.0 Å². The second-order valence-corrected chi connectivity index (χ2v) is 4.60. The van der Waals surface area contributed by atoms with E-state index >= 15 is 0 Å². The van der Waals surface area contributed by atoms with E-state index in [0.29, 0.717) is 18.4 Å². The van der Waals surface area contributed by atoms with Gasteiger partial charge in [0.15, 0.2) is 5.69 Å². The highest BCUT2D eigenvalue weighted by Gasteiger charge is 2.16. The third-order valence-electron chi connectivity index (χ3n) is 3.18. The van der Waals surface area contributed by atoms with Gasteiger partial charge in [-0.25, -0.2) is 9.48 Å². The summed E-state index contributed by atoms with van der Waals surface area (Å²) in [6, 6.07) is 7.85. The van der Waals surface area contributed by atoms with Gasteiger partial charge in [0.25, 0.3) is 0 Å². The molecule has 1 heterocycles. The molecule has 0 atom stereocenters. The number of rotatable bonds is 6. The van der Waals surface area contributed by atoms with E-state index < -0.39 is 5.97 Å². The van der Waals surface area contributed by atoms with E-state index in [0.717, 1.165) is 12.1 Å². The predicted octanol–water partition coefficient (Wildman–Crippen LogP) is 2.06. The van der Waals surface area contributed by atoms with Crippen LogP contribution in [0.2, 0.25) is 0 Å². The molecular formula is C15H18N2O3. The summed E-state index contributed by atoms with van der Waals surface area (Å²) in [6.45, 7) is 2.10. The predicted molar refractivity (Wildman–Crippen MR) is 75.3 cm³/mol. The Labute approximate surface area is 117 Å². The molecule has 0 amide bonds. The van der Waals surface area contributed by atoms with Crippen molar-refractivity contribution in [2.45, 2.75) is 26.2 Å². The largest absolute Gasteiger partial charge is 0.476 e. The lowest BCUT2D eigenvalue weighted by molar-refractivity contribution is 0.0688. The Morgan fingerprint density at radius 1 is 1.40 bits per heavy atom. The first kappa shape index (κ1) is 14.3. The molecular weight excluding hydrogens is 256 g/mol. The van der Waals surface area contributed by atoms with Crippen molar-refractivity contribution >= 4 is 5.97 Å². The van der Waals surface area contributed by atoms with Crippen LogP contribution in [0.25, 0.3) is 5.69 Å². The van der Waals surface area contributed by atoms with Crippen molar-refractivity contribution in [2.24, 2.45) is 0 Å². The van der Waals surface area contributed by atoms with Crippen molar-refractivity contribution < 1.29 is 15.0 Å². The fourth-order valence-electron chi connectivity index (χ4n) is 2.09. The van der Waals surface area contributed by atoms with Crippen molar-refractivity contribution in [2.75, 3.05) is 6.61 Å². The van der Waals surface area contributed by atoms with Crippen molar-refractivity contribution in [3.8, 4) is 5.69 Å². The van der Waals surface area contributed by atoms with Crippen LogP contribution in [0, 0.1) is 0 Å². The molecule has 0 aliphatic heterocycles. The molecule has 1 aromatic carbocycles. The Bertz CT molecular complexity index is 605. The Kier molecular flexibility index (Phi) is 4.53. The minimum absolute atomic E-state index is 0.0373. The van der Waals surface area contributed by atoms with E-state index in [9.17, 15) is 9.90 Å². The number of aliphatic hydroxyl groups is 1. The monoisotopic (exact) mass is 274 g/mol. The minimum atomic E-state index is -1.04. The number of benzene rings is 1. The number of aromatic carboxylic acids is 1. The highest BCUT2D eigenvalue weighted by Crippen LogP contribution is 2.16. The van der Waals surface area contributed by atoms with Crippen LogP contribution in [-0.4, -0.2) is 32.6 Å². The first-order valence-corrected chi connectivity index (χ1v) is 6.67. The summed E-state index contributed by atoms with van der Waals surface area (Å²) in [5.74, 6) is -1.04. The first-order chi connectivity index (χ1) is 9.65. The zero-order valence-electron chi connectivity index (χ0n) is 11.4. The van der Waals surface area contributed by atoms with Crippen LogP contribution in [0.1, 0.15) is 35.0 Å². The van der Waals surface area contributed by atoms with Crippen LogP contribution >= 0.6 is 0 Å². The van der Waals surface area contributed by atoms with Crippen LogP contribution in [0.5, 0.6) is 0 Å². The number of nitrogens with zero attached hydrogens (tertiary/aromatic N) is 2. The average Bonchev–Trinajstić information content (AvgIpc) is 2.89. The molecule has 2 N–H and O–H groups in total. The smallest absolute Gasteiger partial charge is 0.356 e. The molecule has 5 heteroatoms. The Morgan fingerprint density at radius 2 is 2.20 bits per heavy atom. The van der Waals surface area contributed by atoms with E-state index in [4.69, 9.17) is 5.11 Å². The number of hydrogen-bond acceptors (Lipinski definition) is 3.